The molecule has 3 rings (SSSR count). The minimum atomic E-state index is -0.657. The molecule has 3 N–H and O–H groups in total. The van der Waals surface area contributed by atoms with Gasteiger partial charge in [-0.3, -0.25) is 4.79 Å². The predicted molar refractivity (Wildman–Crippen MR) is 56.7 cm³/mol. The third-order valence-electron chi connectivity index (χ3n) is 3.96. The molecular formula is C11H15N3O2. The van der Waals surface area contributed by atoms with Crippen LogP contribution in [-0.2, 0) is 16.9 Å². The zero-order chi connectivity index (χ0) is 11.2. The van der Waals surface area contributed by atoms with Crippen LogP contribution in [-0.4, -0.2) is 21.0 Å². The van der Waals surface area contributed by atoms with E-state index in [1.165, 1.54) is 0 Å². The molecule has 1 aliphatic carbocycles. The lowest BCUT2D eigenvalue weighted by Crippen LogP contribution is -2.42. The summed E-state index contributed by atoms with van der Waals surface area (Å²) >= 11 is 0. The molecule has 1 fully saturated rings. The summed E-state index contributed by atoms with van der Waals surface area (Å²) in [5.41, 5.74) is 2.21. The summed E-state index contributed by atoms with van der Waals surface area (Å²) in [4.78, 5) is 18.4. The van der Waals surface area contributed by atoms with Gasteiger partial charge < -0.3 is 15.4 Å². The van der Waals surface area contributed by atoms with Crippen LogP contribution in [0.4, 0.5) is 0 Å². The van der Waals surface area contributed by atoms with Gasteiger partial charge in [-0.25, -0.2) is 4.98 Å². The molecule has 0 radical (unpaired) electrons. The summed E-state index contributed by atoms with van der Waals surface area (Å²) in [6.45, 7) is 0.826. The normalized spacial score (nSPS) is 32.9. The standard InChI is InChI=1S/C11H15N3O2/c15-10(16)7-1-3-11(4-2-7)9-8(5-14-11)12-6-13-9/h6-7,14H,1-5H2,(H,12,13)(H,15,16). The van der Waals surface area contributed by atoms with Crippen LogP contribution in [0.3, 0.4) is 0 Å². The van der Waals surface area contributed by atoms with Crippen molar-refractivity contribution >= 4 is 5.97 Å². The summed E-state index contributed by atoms with van der Waals surface area (Å²) in [5, 5.41) is 12.5. The Balaban J connectivity index is 1.81. The van der Waals surface area contributed by atoms with Gasteiger partial charge in [0.15, 0.2) is 0 Å². The summed E-state index contributed by atoms with van der Waals surface area (Å²) in [7, 11) is 0. The van der Waals surface area contributed by atoms with Crippen molar-refractivity contribution in [3.8, 4) is 0 Å². The van der Waals surface area contributed by atoms with Crippen molar-refractivity contribution in [1.29, 1.82) is 0 Å². The molecule has 0 unspecified atom stereocenters. The second-order valence-electron chi connectivity index (χ2n) is 4.78. The molecule has 1 aromatic rings. The fourth-order valence-electron chi connectivity index (χ4n) is 2.98. The largest absolute Gasteiger partial charge is 0.481 e. The Morgan fingerprint density at radius 3 is 2.94 bits per heavy atom. The van der Waals surface area contributed by atoms with Crippen LogP contribution in [0.1, 0.15) is 37.1 Å². The molecule has 0 saturated heterocycles. The van der Waals surface area contributed by atoms with Gasteiger partial charge in [0.05, 0.1) is 29.2 Å². The Labute approximate surface area is 93.3 Å². The SMILES string of the molecule is O=C(O)C1CCC2(CC1)NCc1[nH]cnc12. The number of aliphatic carboxylic acids is 1. The summed E-state index contributed by atoms with van der Waals surface area (Å²) in [5.74, 6) is -0.828. The number of carbonyl (C=O) groups is 1. The number of nitrogens with zero attached hydrogens (tertiary/aromatic N) is 1. The molecule has 1 aromatic heterocycles. The Morgan fingerprint density at radius 2 is 2.25 bits per heavy atom. The number of nitrogens with one attached hydrogen (secondary N) is 2. The van der Waals surface area contributed by atoms with E-state index in [1.807, 2.05) is 0 Å². The maximum Gasteiger partial charge on any atom is 0.306 e. The topological polar surface area (TPSA) is 78.0 Å². The van der Waals surface area contributed by atoms with Gasteiger partial charge in [-0.05, 0) is 25.7 Å². The van der Waals surface area contributed by atoms with E-state index in [2.05, 4.69) is 15.3 Å². The Kier molecular flexibility index (Phi) is 2.04. The van der Waals surface area contributed by atoms with Crippen molar-refractivity contribution in [3.05, 3.63) is 17.7 Å². The lowest BCUT2D eigenvalue weighted by molar-refractivity contribution is -0.143. The highest BCUT2D eigenvalue weighted by atomic mass is 16.4. The number of rotatable bonds is 1. The Hall–Kier alpha value is -1.36. The zero-order valence-corrected chi connectivity index (χ0v) is 8.99. The van der Waals surface area contributed by atoms with Crippen molar-refractivity contribution in [1.82, 2.24) is 15.3 Å². The number of aromatic nitrogens is 2. The van der Waals surface area contributed by atoms with Crippen molar-refractivity contribution in [3.63, 3.8) is 0 Å². The van der Waals surface area contributed by atoms with E-state index in [4.69, 9.17) is 5.11 Å². The highest BCUT2D eigenvalue weighted by Crippen LogP contribution is 2.42. The maximum absolute atomic E-state index is 10.9. The minimum absolute atomic E-state index is 0.0543. The van der Waals surface area contributed by atoms with Crippen LogP contribution >= 0.6 is 0 Å². The fourth-order valence-corrected chi connectivity index (χ4v) is 2.98. The quantitative estimate of drug-likeness (QED) is 0.660. The zero-order valence-electron chi connectivity index (χ0n) is 8.99. The van der Waals surface area contributed by atoms with Crippen LogP contribution in [0.15, 0.2) is 6.33 Å². The average Bonchev–Trinajstić information content (AvgIpc) is 2.85. The number of carboxylic acid groups (broad SMARTS) is 1. The molecule has 5 nitrogen and oxygen atoms in total. The molecule has 0 atom stereocenters. The fraction of sp³-hybridized carbons (Fsp3) is 0.636. The summed E-state index contributed by atoms with van der Waals surface area (Å²) in [6.07, 6.45) is 4.98. The van der Waals surface area contributed by atoms with Gasteiger partial charge in [-0.1, -0.05) is 0 Å². The first-order valence-electron chi connectivity index (χ1n) is 5.72. The van der Waals surface area contributed by atoms with Gasteiger partial charge in [0.2, 0.25) is 0 Å². The van der Waals surface area contributed by atoms with Crippen molar-refractivity contribution in [2.45, 2.75) is 37.8 Å². The smallest absolute Gasteiger partial charge is 0.306 e. The molecule has 5 heteroatoms. The number of fused-ring (bicyclic) bond motifs is 2. The predicted octanol–water partition coefficient (Wildman–Crippen LogP) is 0.983. The van der Waals surface area contributed by atoms with Gasteiger partial charge in [-0.15, -0.1) is 0 Å². The van der Waals surface area contributed by atoms with Gasteiger partial charge in [0.25, 0.3) is 0 Å². The minimum Gasteiger partial charge on any atom is -0.481 e. The van der Waals surface area contributed by atoms with E-state index in [-0.39, 0.29) is 11.5 Å². The number of carboxylic acids is 1. The van der Waals surface area contributed by atoms with Crippen molar-refractivity contribution in [2.75, 3.05) is 0 Å². The molecule has 1 aliphatic heterocycles. The first-order chi connectivity index (χ1) is 7.71. The van der Waals surface area contributed by atoms with E-state index in [0.717, 1.165) is 43.6 Å². The molecule has 2 heterocycles. The molecule has 0 aromatic carbocycles. The number of hydrogen-bond acceptors (Lipinski definition) is 3. The van der Waals surface area contributed by atoms with E-state index >= 15 is 0 Å². The van der Waals surface area contributed by atoms with Crippen LogP contribution in [0.25, 0.3) is 0 Å². The van der Waals surface area contributed by atoms with Gasteiger partial charge in [0.1, 0.15) is 0 Å². The first-order valence-corrected chi connectivity index (χ1v) is 5.72. The molecule has 0 bridgehead atoms. The lowest BCUT2D eigenvalue weighted by Gasteiger charge is -2.35. The first kappa shape index (κ1) is 9.84. The summed E-state index contributed by atoms with van der Waals surface area (Å²) in [6, 6.07) is 0. The third kappa shape index (κ3) is 1.28. The summed E-state index contributed by atoms with van der Waals surface area (Å²) < 4.78 is 0. The number of imidazole rings is 1. The third-order valence-corrected chi connectivity index (χ3v) is 3.96. The highest BCUT2D eigenvalue weighted by Gasteiger charge is 2.44. The van der Waals surface area contributed by atoms with Crippen LogP contribution in [0, 0.1) is 5.92 Å². The molecule has 86 valence electrons. The van der Waals surface area contributed by atoms with Crippen molar-refractivity contribution in [2.24, 2.45) is 5.92 Å². The van der Waals surface area contributed by atoms with Gasteiger partial charge >= 0.3 is 5.97 Å². The van der Waals surface area contributed by atoms with E-state index < -0.39 is 5.97 Å². The monoisotopic (exact) mass is 221 g/mol. The van der Waals surface area contributed by atoms with E-state index in [9.17, 15) is 4.79 Å². The molecule has 0 amide bonds. The van der Waals surface area contributed by atoms with Crippen LogP contribution in [0.5, 0.6) is 0 Å². The Bertz CT molecular complexity index is 419. The molecule has 2 aliphatic rings. The molecule has 1 spiro atoms. The Morgan fingerprint density at radius 1 is 1.50 bits per heavy atom. The average molecular weight is 221 g/mol. The maximum atomic E-state index is 10.9. The van der Waals surface area contributed by atoms with E-state index in [0.29, 0.717) is 0 Å². The van der Waals surface area contributed by atoms with Crippen molar-refractivity contribution < 1.29 is 9.90 Å². The van der Waals surface area contributed by atoms with Gasteiger partial charge in [0, 0.05) is 6.54 Å². The number of H-pyrrole nitrogens is 1. The number of hydrogen-bond donors (Lipinski definition) is 3. The highest BCUT2D eigenvalue weighted by molar-refractivity contribution is 5.70. The molecule has 1 saturated carbocycles. The lowest BCUT2D eigenvalue weighted by atomic mass is 9.75. The second-order valence-corrected chi connectivity index (χ2v) is 4.78. The van der Waals surface area contributed by atoms with Gasteiger partial charge in [-0.2, -0.15) is 0 Å². The van der Waals surface area contributed by atoms with E-state index in [1.54, 1.807) is 6.33 Å². The van der Waals surface area contributed by atoms with Crippen LogP contribution < -0.4 is 5.32 Å². The molecular weight excluding hydrogens is 206 g/mol. The van der Waals surface area contributed by atoms with Crippen LogP contribution in [0.2, 0.25) is 0 Å². The second kappa shape index (κ2) is 3.31. The number of aromatic amines is 1. The molecule has 16 heavy (non-hydrogen) atoms.